The molecule has 4 heteroatoms. The molecule has 0 unspecified atom stereocenters. The van der Waals surface area contributed by atoms with E-state index in [9.17, 15) is 9.18 Å². The van der Waals surface area contributed by atoms with E-state index in [4.69, 9.17) is 0 Å². The van der Waals surface area contributed by atoms with Gasteiger partial charge in [0.25, 0.3) is 0 Å². The number of rotatable bonds is 2. The summed E-state index contributed by atoms with van der Waals surface area (Å²) in [5, 5.41) is 2.85. The van der Waals surface area contributed by atoms with Crippen LogP contribution in [0.15, 0.2) is 36.5 Å². The summed E-state index contributed by atoms with van der Waals surface area (Å²) in [5.41, 5.74) is 1.40. The van der Waals surface area contributed by atoms with Gasteiger partial charge in [-0.25, -0.2) is 4.39 Å². The molecule has 0 spiro atoms. The molecule has 2 rings (SSSR count). The highest BCUT2D eigenvalue weighted by Crippen LogP contribution is 2.30. The number of anilines is 1. The number of aromatic nitrogens is 1. The Labute approximate surface area is 124 Å². The van der Waals surface area contributed by atoms with E-state index in [0.29, 0.717) is 16.8 Å². The molecule has 21 heavy (non-hydrogen) atoms. The third kappa shape index (κ3) is 3.27. The molecular weight excluding hydrogens is 267 g/mol. The van der Waals surface area contributed by atoms with Gasteiger partial charge < -0.3 is 5.32 Å². The second kappa shape index (κ2) is 5.64. The summed E-state index contributed by atoms with van der Waals surface area (Å²) >= 11 is 0. The lowest BCUT2D eigenvalue weighted by molar-refractivity contribution is -0.123. The van der Waals surface area contributed by atoms with E-state index >= 15 is 0 Å². The minimum Gasteiger partial charge on any atom is -0.325 e. The molecule has 1 heterocycles. The topological polar surface area (TPSA) is 42.0 Å². The first kappa shape index (κ1) is 15.2. The Morgan fingerprint density at radius 1 is 1.19 bits per heavy atom. The number of nitrogens with one attached hydrogen (secondary N) is 1. The van der Waals surface area contributed by atoms with E-state index in [1.165, 1.54) is 0 Å². The lowest BCUT2D eigenvalue weighted by Crippen LogP contribution is -2.27. The number of nitrogens with zero attached hydrogens (tertiary/aromatic N) is 1. The molecule has 0 aliphatic rings. The molecule has 3 nitrogen and oxygen atoms in total. The van der Waals surface area contributed by atoms with Gasteiger partial charge in [0.2, 0.25) is 5.91 Å². The number of halogens is 1. The molecule has 0 aliphatic carbocycles. The van der Waals surface area contributed by atoms with E-state index in [2.05, 4.69) is 10.3 Å². The van der Waals surface area contributed by atoms with E-state index in [1.54, 1.807) is 43.5 Å². The minimum absolute atomic E-state index is 0.122. The fraction of sp³-hybridized carbons (Fsp3) is 0.294. The van der Waals surface area contributed by atoms with Crippen LogP contribution in [-0.2, 0) is 4.79 Å². The number of hydrogen-bond donors (Lipinski definition) is 1. The van der Waals surface area contributed by atoms with Crippen molar-refractivity contribution < 1.29 is 9.18 Å². The fourth-order valence-electron chi connectivity index (χ4n) is 1.84. The van der Waals surface area contributed by atoms with Crippen molar-refractivity contribution in [3.8, 4) is 11.3 Å². The van der Waals surface area contributed by atoms with Gasteiger partial charge in [0.05, 0.1) is 5.69 Å². The average molecular weight is 286 g/mol. The molecule has 0 atom stereocenters. The molecule has 0 bridgehead atoms. The lowest BCUT2D eigenvalue weighted by Gasteiger charge is -2.19. The number of para-hydroxylation sites is 1. The summed E-state index contributed by atoms with van der Waals surface area (Å²) in [6.07, 6.45) is 1.57. The molecule has 0 saturated carbocycles. The normalized spacial score (nSPS) is 11.3. The molecule has 1 aromatic carbocycles. The third-order valence-corrected chi connectivity index (χ3v) is 3.19. The summed E-state index contributed by atoms with van der Waals surface area (Å²) in [4.78, 5) is 16.3. The van der Waals surface area contributed by atoms with Gasteiger partial charge in [-0.15, -0.1) is 0 Å². The molecule has 0 fully saturated rings. The Bertz CT molecular complexity index is 675. The van der Waals surface area contributed by atoms with Gasteiger partial charge in [0, 0.05) is 17.2 Å². The van der Waals surface area contributed by atoms with Gasteiger partial charge >= 0.3 is 0 Å². The van der Waals surface area contributed by atoms with Crippen molar-refractivity contribution in [3.63, 3.8) is 0 Å². The molecule has 2 aromatic rings. The SMILES string of the molecule is Cc1ccnc(-c2ccccc2NC(=O)C(C)(C)C)c1F. The number of benzene rings is 1. The largest absolute Gasteiger partial charge is 0.325 e. The Morgan fingerprint density at radius 3 is 2.52 bits per heavy atom. The Morgan fingerprint density at radius 2 is 1.86 bits per heavy atom. The van der Waals surface area contributed by atoms with E-state index in [-0.39, 0.29) is 17.4 Å². The van der Waals surface area contributed by atoms with Gasteiger partial charge in [-0.05, 0) is 24.6 Å². The van der Waals surface area contributed by atoms with Crippen molar-refractivity contribution in [1.82, 2.24) is 4.98 Å². The summed E-state index contributed by atoms with van der Waals surface area (Å²) in [5.74, 6) is -0.488. The highest BCUT2D eigenvalue weighted by molar-refractivity contribution is 5.98. The van der Waals surface area contributed by atoms with Crippen molar-refractivity contribution in [2.75, 3.05) is 5.32 Å². The first-order chi connectivity index (χ1) is 9.80. The predicted octanol–water partition coefficient (Wildman–Crippen LogP) is 4.18. The van der Waals surface area contributed by atoms with Gasteiger partial charge in [-0.1, -0.05) is 39.0 Å². The second-order valence-electron chi connectivity index (χ2n) is 6.04. The molecule has 1 amide bonds. The van der Waals surface area contributed by atoms with Crippen molar-refractivity contribution in [1.29, 1.82) is 0 Å². The summed E-state index contributed by atoms with van der Waals surface area (Å²) in [7, 11) is 0. The second-order valence-corrected chi connectivity index (χ2v) is 6.04. The van der Waals surface area contributed by atoms with Crippen LogP contribution >= 0.6 is 0 Å². The molecule has 1 aromatic heterocycles. The van der Waals surface area contributed by atoms with Crippen molar-refractivity contribution >= 4 is 11.6 Å². The van der Waals surface area contributed by atoms with Crippen LogP contribution in [-0.4, -0.2) is 10.9 Å². The van der Waals surface area contributed by atoms with Gasteiger partial charge in [0.1, 0.15) is 5.69 Å². The fourth-order valence-corrected chi connectivity index (χ4v) is 1.84. The zero-order valence-corrected chi connectivity index (χ0v) is 12.7. The standard InChI is InChI=1S/C17H19FN2O/c1-11-9-10-19-15(14(11)18)12-7-5-6-8-13(12)20-16(21)17(2,3)4/h5-10H,1-4H3,(H,20,21). The molecule has 0 saturated heterocycles. The maximum atomic E-state index is 14.3. The Balaban J connectivity index is 2.47. The van der Waals surface area contributed by atoms with Crippen LogP contribution in [0, 0.1) is 18.2 Å². The number of pyridine rings is 1. The number of amides is 1. The van der Waals surface area contributed by atoms with Gasteiger partial charge in [0.15, 0.2) is 5.82 Å². The van der Waals surface area contributed by atoms with Gasteiger partial charge in [-0.2, -0.15) is 0 Å². The van der Waals surface area contributed by atoms with E-state index < -0.39 is 5.41 Å². The van der Waals surface area contributed by atoms with Crippen LogP contribution in [0.5, 0.6) is 0 Å². The Kier molecular flexibility index (Phi) is 4.07. The summed E-state index contributed by atoms with van der Waals surface area (Å²) in [6.45, 7) is 7.18. The number of hydrogen-bond acceptors (Lipinski definition) is 2. The third-order valence-electron chi connectivity index (χ3n) is 3.19. The van der Waals surface area contributed by atoms with Crippen LogP contribution in [0.3, 0.4) is 0 Å². The van der Waals surface area contributed by atoms with Crippen LogP contribution in [0.4, 0.5) is 10.1 Å². The molecule has 0 aliphatic heterocycles. The first-order valence-corrected chi connectivity index (χ1v) is 6.82. The van der Waals surface area contributed by atoms with Crippen LogP contribution in [0.2, 0.25) is 0 Å². The average Bonchev–Trinajstić information content (AvgIpc) is 2.42. The van der Waals surface area contributed by atoms with Gasteiger partial charge in [-0.3, -0.25) is 9.78 Å². The zero-order chi connectivity index (χ0) is 15.6. The molecule has 1 N–H and O–H groups in total. The number of aryl methyl sites for hydroxylation is 1. The number of carbonyl (C=O) groups is 1. The van der Waals surface area contributed by atoms with E-state index in [1.807, 2.05) is 20.8 Å². The van der Waals surface area contributed by atoms with E-state index in [0.717, 1.165) is 0 Å². The lowest BCUT2D eigenvalue weighted by atomic mass is 9.95. The maximum Gasteiger partial charge on any atom is 0.229 e. The first-order valence-electron chi connectivity index (χ1n) is 6.82. The monoisotopic (exact) mass is 286 g/mol. The van der Waals surface area contributed by atoms with Crippen molar-refractivity contribution in [2.24, 2.45) is 5.41 Å². The summed E-state index contributed by atoms with van der Waals surface area (Å²) < 4.78 is 14.3. The zero-order valence-electron chi connectivity index (χ0n) is 12.7. The smallest absolute Gasteiger partial charge is 0.229 e. The predicted molar refractivity (Wildman–Crippen MR) is 82.5 cm³/mol. The van der Waals surface area contributed by atoms with Crippen molar-refractivity contribution in [3.05, 3.63) is 47.9 Å². The highest BCUT2D eigenvalue weighted by atomic mass is 19.1. The Hall–Kier alpha value is -2.23. The molecule has 110 valence electrons. The quantitative estimate of drug-likeness (QED) is 0.899. The van der Waals surface area contributed by atoms with Crippen molar-refractivity contribution in [2.45, 2.75) is 27.7 Å². The summed E-state index contributed by atoms with van der Waals surface area (Å²) in [6, 6.07) is 8.72. The highest BCUT2D eigenvalue weighted by Gasteiger charge is 2.23. The molecular formula is C17H19FN2O. The minimum atomic E-state index is -0.522. The van der Waals surface area contributed by atoms with Crippen LogP contribution in [0.1, 0.15) is 26.3 Å². The molecule has 0 radical (unpaired) electrons. The maximum absolute atomic E-state index is 14.3. The van der Waals surface area contributed by atoms with Crippen LogP contribution in [0.25, 0.3) is 11.3 Å². The van der Waals surface area contributed by atoms with Crippen LogP contribution < -0.4 is 5.32 Å². The number of carbonyl (C=O) groups excluding carboxylic acids is 1.